The van der Waals surface area contributed by atoms with Gasteiger partial charge in [-0.1, -0.05) is 0 Å². The molecule has 0 saturated heterocycles. The SMILES string of the molecule is O=C(O)c1cc(O)c(O)c(O)c1.O=S. The number of hydrogen-bond donors (Lipinski definition) is 4. The Morgan fingerprint density at radius 3 is 1.71 bits per heavy atom. The van der Waals surface area contributed by atoms with Crippen LogP contribution in [0.5, 0.6) is 17.2 Å². The summed E-state index contributed by atoms with van der Waals surface area (Å²) in [5, 5.41) is 35.0. The molecule has 0 aliphatic rings. The Balaban J connectivity index is 0.000000791. The van der Waals surface area contributed by atoms with Crippen molar-refractivity contribution in [2.24, 2.45) is 0 Å². The van der Waals surface area contributed by atoms with Crippen molar-refractivity contribution in [2.45, 2.75) is 0 Å². The van der Waals surface area contributed by atoms with E-state index in [0.717, 1.165) is 12.1 Å². The van der Waals surface area contributed by atoms with E-state index in [0.29, 0.717) is 0 Å². The van der Waals surface area contributed by atoms with Crippen molar-refractivity contribution in [3.05, 3.63) is 17.7 Å². The van der Waals surface area contributed by atoms with Crippen LogP contribution in [0.4, 0.5) is 0 Å². The number of benzene rings is 1. The van der Waals surface area contributed by atoms with Gasteiger partial charge in [0.1, 0.15) is 0 Å². The predicted octanol–water partition coefficient (Wildman–Crippen LogP) is 0.165. The third-order valence-corrected chi connectivity index (χ3v) is 1.32. The molecular formula is C7H6O6S. The van der Waals surface area contributed by atoms with Gasteiger partial charge in [-0.2, -0.15) is 4.21 Å². The Morgan fingerprint density at radius 1 is 1.07 bits per heavy atom. The number of carboxylic acid groups (broad SMARTS) is 1. The van der Waals surface area contributed by atoms with Crippen molar-refractivity contribution >= 4 is 18.5 Å². The number of phenolic OH excluding ortho intramolecular Hbond substituents is 3. The van der Waals surface area contributed by atoms with E-state index >= 15 is 0 Å². The molecule has 0 fully saturated rings. The molecule has 1 aromatic carbocycles. The standard InChI is InChI=1S/C7H6O5.OS/c8-4-1-3(7(11)12)2-5(9)6(4)10;1-2/h1-2,8-10H,(H,11,12);. The molecule has 0 aromatic heterocycles. The molecular weight excluding hydrogens is 212 g/mol. The first-order valence-corrected chi connectivity index (χ1v) is 3.50. The highest BCUT2D eigenvalue weighted by Crippen LogP contribution is 2.35. The van der Waals surface area contributed by atoms with E-state index in [1.165, 1.54) is 0 Å². The lowest BCUT2D eigenvalue weighted by atomic mass is 10.2. The number of carbonyl (C=O) groups is 1. The number of aromatic hydroxyl groups is 3. The molecule has 0 amide bonds. The number of hydrogen-bond acceptors (Lipinski definition) is 6. The van der Waals surface area contributed by atoms with Gasteiger partial charge in [-0.3, -0.25) is 0 Å². The molecule has 6 nitrogen and oxygen atoms in total. The van der Waals surface area contributed by atoms with E-state index in [1.54, 1.807) is 0 Å². The molecule has 0 heterocycles. The molecule has 0 atom stereocenters. The summed E-state index contributed by atoms with van der Waals surface area (Å²) >= 11 is 2.83. The second-order valence-corrected chi connectivity index (χ2v) is 2.17. The zero-order chi connectivity index (χ0) is 11.3. The lowest BCUT2D eigenvalue weighted by Crippen LogP contribution is -1.95. The molecule has 7 heteroatoms. The van der Waals surface area contributed by atoms with Crippen molar-refractivity contribution < 1.29 is 29.4 Å². The summed E-state index contributed by atoms with van der Waals surface area (Å²) in [6.07, 6.45) is 0. The number of rotatable bonds is 1. The van der Waals surface area contributed by atoms with Gasteiger partial charge in [0.15, 0.2) is 29.8 Å². The van der Waals surface area contributed by atoms with E-state index in [-0.39, 0.29) is 5.56 Å². The third-order valence-electron chi connectivity index (χ3n) is 1.32. The van der Waals surface area contributed by atoms with Crippen molar-refractivity contribution in [2.75, 3.05) is 0 Å². The van der Waals surface area contributed by atoms with Crippen LogP contribution in [0.25, 0.3) is 0 Å². The fraction of sp³-hybridized carbons (Fsp3) is 0. The van der Waals surface area contributed by atoms with Crippen LogP contribution in [-0.4, -0.2) is 30.6 Å². The number of phenols is 3. The highest BCUT2D eigenvalue weighted by atomic mass is 32.1. The summed E-state index contributed by atoms with van der Waals surface area (Å²) in [7, 11) is 0. The quantitative estimate of drug-likeness (QED) is 0.496. The van der Waals surface area contributed by atoms with Gasteiger partial charge in [-0.25, -0.2) is 4.79 Å². The molecule has 4 N–H and O–H groups in total. The highest BCUT2D eigenvalue weighted by Gasteiger charge is 2.11. The van der Waals surface area contributed by atoms with Gasteiger partial charge in [0.2, 0.25) is 0 Å². The van der Waals surface area contributed by atoms with Gasteiger partial charge in [-0.15, -0.1) is 0 Å². The van der Waals surface area contributed by atoms with Gasteiger partial charge >= 0.3 is 5.97 Å². The maximum absolute atomic E-state index is 10.3. The topological polar surface area (TPSA) is 115 Å². The molecule has 0 unspecified atom stereocenters. The van der Waals surface area contributed by atoms with Crippen molar-refractivity contribution in [1.82, 2.24) is 0 Å². The Kier molecular flexibility index (Phi) is 4.30. The minimum Gasteiger partial charge on any atom is -0.504 e. The summed E-state index contributed by atoms with van der Waals surface area (Å²) in [6.45, 7) is 0. The summed E-state index contributed by atoms with van der Waals surface area (Å²) in [5.41, 5.74) is -0.289. The van der Waals surface area contributed by atoms with E-state index in [1.807, 2.05) is 0 Å². The highest BCUT2D eigenvalue weighted by molar-refractivity contribution is 7.44. The second-order valence-electron chi connectivity index (χ2n) is 2.17. The van der Waals surface area contributed by atoms with E-state index in [2.05, 4.69) is 12.5 Å². The van der Waals surface area contributed by atoms with Crippen molar-refractivity contribution in [1.29, 1.82) is 0 Å². The second kappa shape index (κ2) is 4.97. The molecule has 1 rings (SSSR count). The van der Waals surface area contributed by atoms with Crippen LogP contribution in [0.1, 0.15) is 10.4 Å². The van der Waals surface area contributed by atoms with Gasteiger partial charge in [0, 0.05) is 0 Å². The molecule has 14 heavy (non-hydrogen) atoms. The maximum atomic E-state index is 10.3. The van der Waals surface area contributed by atoms with E-state index in [4.69, 9.17) is 24.6 Å². The Labute approximate surface area is 83.6 Å². The lowest BCUT2D eigenvalue weighted by molar-refractivity contribution is 0.0696. The van der Waals surface area contributed by atoms with Crippen molar-refractivity contribution in [3.8, 4) is 17.2 Å². The molecule has 0 aliphatic carbocycles. The lowest BCUT2D eigenvalue weighted by Gasteiger charge is -2.01. The first kappa shape index (κ1) is 12.1. The molecule has 0 bridgehead atoms. The normalized spacial score (nSPS) is 8.57. The van der Waals surface area contributed by atoms with E-state index < -0.39 is 23.2 Å². The Hall–Kier alpha value is -1.89. The van der Waals surface area contributed by atoms with Crippen LogP contribution in [0, 0.1) is 0 Å². The fourth-order valence-electron chi connectivity index (χ4n) is 0.728. The monoisotopic (exact) mass is 218 g/mol. The van der Waals surface area contributed by atoms with Crippen molar-refractivity contribution in [3.63, 3.8) is 0 Å². The third kappa shape index (κ3) is 2.56. The zero-order valence-corrected chi connectivity index (χ0v) is 7.48. The molecule has 0 spiro atoms. The maximum Gasteiger partial charge on any atom is 0.335 e. The minimum atomic E-state index is -1.29. The van der Waals surface area contributed by atoms with Gasteiger partial charge < -0.3 is 20.4 Å². The Bertz CT molecular complexity index is 327. The minimum absolute atomic E-state index is 0.289. The van der Waals surface area contributed by atoms with Gasteiger partial charge in [0.05, 0.1) is 5.56 Å². The van der Waals surface area contributed by atoms with Crippen LogP contribution >= 0.6 is 0 Å². The van der Waals surface area contributed by atoms with Crippen LogP contribution in [0.3, 0.4) is 0 Å². The average Bonchev–Trinajstić information content (AvgIpc) is 2.16. The average molecular weight is 218 g/mol. The smallest absolute Gasteiger partial charge is 0.335 e. The molecule has 0 aliphatic heterocycles. The Morgan fingerprint density at radius 2 is 1.43 bits per heavy atom. The largest absolute Gasteiger partial charge is 0.504 e. The number of aromatic carboxylic acids is 1. The molecule has 0 radical (unpaired) electrons. The fourth-order valence-corrected chi connectivity index (χ4v) is 0.728. The predicted molar refractivity (Wildman–Crippen MR) is 46.5 cm³/mol. The van der Waals surface area contributed by atoms with Crippen LogP contribution in [0.2, 0.25) is 0 Å². The van der Waals surface area contributed by atoms with Crippen LogP contribution < -0.4 is 0 Å². The molecule has 1 aromatic rings. The van der Waals surface area contributed by atoms with Gasteiger partial charge in [0.25, 0.3) is 0 Å². The summed E-state index contributed by atoms with van der Waals surface area (Å²) < 4.78 is 7.83. The van der Waals surface area contributed by atoms with Crippen LogP contribution in [0.15, 0.2) is 12.1 Å². The first-order valence-electron chi connectivity index (χ1n) is 3.17. The van der Waals surface area contributed by atoms with E-state index in [9.17, 15) is 4.79 Å². The van der Waals surface area contributed by atoms with Crippen LogP contribution in [-0.2, 0) is 12.5 Å². The molecule has 76 valence electrons. The summed E-state index contributed by atoms with van der Waals surface area (Å²) in [6, 6.07) is 1.69. The molecule has 0 saturated carbocycles. The van der Waals surface area contributed by atoms with Gasteiger partial charge in [-0.05, 0) is 12.1 Å². The first-order chi connectivity index (χ1) is 6.52. The number of carboxylic acids is 1. The summed E-state index contributed by atoms with van der Waals surface area (Å²) in [4.78, 5) is 10.3. The summed E-state index contributed by atoms with van der Waals surface area (Å²) in [5.74, 6) is -3.33. The zero-order valence-electron chi connectivity index (χ0n) is 6.67.